The number of aryl methyl sites for hydroxylation is 1. The van der Waals surface area contributed by atoms with Gasteiger partial charge in [0.05, 0.1) is 6.61 Å². The summed E-state index contributed by atoms with van der Waals surface area (Å²) >= 11 is 0. The van der Waals surface area contributed by atoms with Crippen LogP contribution in [0, 0.1) is 5.92 Å². The second kappa shape index (κ2) is 10.2. The van der Waals surface area contributed by atoms with Crippen molar-refractivity contribution in [2.75, 3.05) is 19.8 Å². The summed E-state index contributed by atoms with van der Waals surface area (Å²) in [5.41, 5.74) is 1.41. The summed E-state index contributed by atoms with van der Waals surface area (Å²) in [6.07, 6.45) is 10.4. The maximum atomic E-state index is 11.6. The Bertz CT molecular complexity index is 450. The fraction of sp³-hybridized carbons (Fsp3) is 0.526. The van der Waals surface area contributed by atoms with Crippen LogP contribution in [0.4, 0.5) is 0 Å². The van der Waals surface area contributed by atoms with Crippen molar-refractivity contribution in [3.05, 3.63) is 48.0 Å². The van der Waals surface area contributed by atoms with Gasteiger partial charge in [0.2, 0.25) is 5.91 Å². The van der Waals surface area contributed by atoms with Crippen molar-refractivity contribution in [2.45, 2.75) is 38.5 Å². The lowest BCUT2D eigenvalue weighted by Crippen LogP contribution is -2.27. The molecule has 1 aliphatic heterocycles. The fourth-order valence-corrected chi connectivity index (χ4v) is 2.65. The van der Waals surface area contributed by atoms with Gasteiger partial charge in [-0.2, -0.15) is 0 Å². The topological polar surface area (TPSA) is 38.3 Å². The molecule has 0 radical (unpaired) electrons. The average molecular weight is 301 g/mol. The normalized spacial score (nSPS) is 17.9. The summed E-state index contributed by atoms with van der Waals surface area (Å²) in [5.74, 6) is 0.520. The lowest BCUT2D eigenvalue weighted by atomic mass is 10.1. The summed E-state index contributed by atoms with van der Waals surface area (Å²) in [5, 5.41) is 2.94. The summed E-state index contributed by atoms with van der Waals surface area (Å²) in [6, 6.07) is 10.6. The van der Waals surface area contributed by atoms with E-state index < -0.39 is 0 Å². The molecule has 1 N–H and O–H groups in total. The van der Waals surface area contributed by atoms with E-state index in [0.29, 0.717) is 5.92 Å². The summed E-state index contributed by atoms with van der Waals surface area (Å²) in [4.78, 5) is 11.6. The molecule has 0 aromatic heterocycles. The predicted molar refractivity (Wildman–Crippen MR) is 89.7 cm³/mol. The van der Waals surface area contributed by atoms with Gasteiger partial charge in [0.1, 0.15) is 0 Å². The molecule has 120 valence electrons. The minimum absolute atomic E-state index is 0.0242. The number of allylic oxidation sites excluding steroid dienone is 1. The number of nitrogens with one attached hydrogen (secondary N) is 1. The molecule has 1 unspecified atom stereocenters. The minimum Gasteiger partial charge on any atom is -0.381 e. The fourth-order valence-electron chi connectivity index (χ4n) is 2.65. The maximum absolute atomic E-state index is 11.6. The van der Waals surface area contributed by atoms with E-state index in [9.17, 15) is 4.79 Å². The van der Waals surface area contributed by atoms with Crippen molar-refractivity contribution in [1.82, 2.24) is 5.32 Å². The first-order chi connectivity index (χ1) is 10.8. The predicted octanol–water partition coefficient (Wildman–Crippen LogP) is 3.50. The zero-order chi connectivity index (χ0) is 15.5. The van der Waals surface area contributed by atoms with Gasteiger partial charge in [0.25, 0.3) is 0 Å². The number of benzene rings is 1. The molecule has 2 rings (SSSR count). The Labute approximate surface area is 133 Å². The lowest BCUT2D eigenvalue weighted by Gasteiger charge is -2.07. The van der Waals surface area contributed by atoms with Crippen LogP contribution in [0.1, 0.15) is 37.7 Å². The second-order valence-corrected chi connectivity index (χ2v) is 5.96. The third-order valence-corrected chi connectivity index (χ3v) is 4.04. The van der Waals surface area contributed by atoms with Crippen LogP contribution in [0.15, 0.2) is 42.5 Å². The molecule has 1 saturated heterocycles. The van der Waals surface area contributed by atoms with E-state index in [2.05, 4.69) is 35.6 Å². The largest absolute Gasteiger partial charge is 0.381 e. The highest BCUT2D eigenvalue weighted by atomic mass is 16.5. The van der Waals surface area contributed by atoms with Gasteiger partial charge in [-0.3, -0.25) is 4.79 Å². The summed E-state index contributed by atoms with van der Waals surface area (Å²) in [6.45, 7) is 2.35. The number of carbonyl (C=O) groups is 1. The first kappa shape index (κ1) is 16.8. The third kappa shape index (κ3) is 6.90. The average Bonchev–Trinajstić information content (AvgIpc) is 3.06. The molecule has 0 aliphatic carbocycles. The highest BCUT2D eigenvalue weighted by Gasteiger charge is 2.15. The number of amides is 1. The van der Waals surface area contributed by atoms with E-state index in [-0.39, 0.29) is 5.91 Å². The van der Waals surface area contributed by atoms with Gasteiger partial charge in [-0.05, 0) is 43.7 Å². The monoisotopic (exact) mass is 301 g/mol. The van der Waals surface area contributed by atoms with Crippen LogP contribution in [-0.2, 0) is 16.0 Å². The van der Waals surface area contributed by atoms with E-state index in [0.717, 1.165) is 45.4 Å². The van der Waals surface area contributed by atoms with Crippen molar-refractivity contribution in [2.24, 2.45) is 5.92 Å². The number of unbranched alkanes of at least 4 members (excludes halogenated alkanes) is 3. The third-order valence-electron chi connectivity index (χ3n) is 4.04. The van der Waals surface area contributed by atoms with Crippen LogP contribution in [0.2, 0.25) is 0 Å². The van der Waals surface area contributed by atoms with Gasteiger partial charge in [-0.25, -0.2) is 0 Å². The molecule has 1 aromatic carbocycles. The van der Waals surface area contributed by atoms with Crippen molar-refractivity contribution < 1.29 is 9.53 Å². The molecule has 1 atom stereocenters. The van der Waals surface area contributed by atoms with Crippen molar-refractivity contribution >= 4 is 5.91 Å². The first-order valence-corrected chi connectivity index (χ1v) is 8.40. The Morgan fingerprint density at radius 1 is 1.23 bits per heavy atom. The van der Waals surface area contributed by atoms with Crippen LogP contribution in [0.5, 0.6) is 0 Å². The first-order valence-electron chi connectivity index (χ1n) is 8.40. The molecule has 1 amide bonds. The van der Waals surface area contributed by atoms with Crippen LogP contribution in [0.25, 0.3) is 0 Å². The van der Waals surface area contributed by atoms with E-state index >= 15 is 0 Å². The Hall–Kier alpha value is -1.61. The van der Waals surface area contributed by atoms with E-state index in [4.69, 9.17) is 4.74 Å². The van der Waals surface area contributed by atoms with Crippen LogP contribution >= 0.6 is 0 Å². The molecule has 1 aliphatic rings. The number of ether oxygens (including phenoxy) is 1. The van der Waals surface area contributed by atoms with Crippen LogP contribution < -0.4 is 5.32 Å². The maximum Gasteiger partial charge on any atom is 0.243 e. The summed E-state index contributed by atoms with van der Waals surface area (Å²) in [7, 11) is 0. The molecule has 0 saturated carbocycles. The van der Waals surface area contributed by atoms with Gasteiger partial charge in [0, 0.05) is 19.1 Å². The Balaban J connectivity index is 1.46. The molecule has 22 heavy (non-hydrogen) atoms. The van der Waals surface area contributed by atoms with Gasteiger partial charge in [0.15, 0.2) is 0 Å². The molecular formula is C19H27NO2. The highest BCUT2D eigenvalue weighted by molar-refractivity contribution is 5.87. The lowest BCUT2D eigenvalue weighted by molar-refractivity contribution is -0.116. The molecule has 3 heteroatoms. The molecule has 1 heterocycles. The van der Waals surface area contributed by atoms with Gasteiger partial charge in [-0.1, -0.05) is 42.8 Å². The smallest absolute Gasteiger partial charge is 0.243 e. The van der Waals surface area contributed by atoms with E-state index in [1.165, 1.54) is 18.4 Å². The molecule has 3 nitrogen and oxygen atoms in total. The molecular weight excluding hydrogens is 274 g/mol. The number of carbonyl (C=O) groups excluding carboxylic acids is 1. The second-order valence-electron chi connectivity index (χ2n) is 5.96. The Morgan fingerprint density at radius 3 is 2.86 bits per heavy atom. The van der Waals surface area contributed by atoms with Gasteiger partial charge < -0.3 is 10.1 Å². The Kier molecular flexibility index (Phi) is 7.75. The van der Waals surface area contributed by atoms with Crippen molar-refractivity contribution in [1.29, 1.82) is 0 Å². The molecule has 1 fully saturated rings. The standard InChI is InChI=1S/C19H27NO2/c21-19(20-15-18-13-14-22-16-18)12-8-3-1-2-5-9-17-10-6-4-7-11-17/h4,6-8,10-12,18H,1-3,5,9,13-16H2,(H,20,21). The van der Waals surface area contributed by atoms with Crippen LogP contribution in [0.3, 0.4) is 0 Å². The quantitative estimate of drug-likeness (QED) is 0.560. The molecule has 0 spiro atoms. The minimum atomic E-state index is 0.0242. The van der Waals surface area contributed by atoms with E-state index in [1.54, 1.807) is 6.08 Å². The van der Waals surface area contributed by atoms with E-state index in [1.807, 2.05) is 6.08 Å². The van der Waals surface area contributed by atoms with Crippen LogP contribution in [-0.4, -0.2) is 25.7 Å². The zero-order valence-corrected chi connectivity index (χ0v) is 13.3. The number of hydrogen-bond donors (Lipinski definition) is 1. The summed E-state index contributed by atoms with van der Waals surface area (Å²) < 4.78 is 5.29. The highest BCUT2D eigenvalue weighted by Crippen LogP contribution is 2.10. The SMILES string of the molecule is O=C(C=CCCCCCc1ccccc1)NCC1CCOC1. The number of hydrogen-bond acceptors (Lipinski definition) is 2. The molecule has 0 bridgehead atoms. The van der Waals surface area contributed by atoms with Crippen molar-refractivity contribution in [3.63, 3.8) is 0 Å². The van der Waals surface area contributed by atoms with Gasteiger partial charge in [-0.15, -0.1) is 0 Å². The van der Waals surface area contributed by atoms with Crippen molar-refractivity contribution in [3.8, 4) is 0 Å². The Morgan fingerprint density at radius 2 is 2.09 bits per heavy atom. The zero-order valence-electron chi connectivity index (χ0n) is 13.3. The molecule has 1 aromatic rings. The van der Waals surface area contributed by atoms with Gasteiger partial charge >= 0.3 is 0 Å². The number of rotatable bonds is 9.